The largest absolute Gasteiger partial charge is 0.0852 e. The average Bonchev–Trinajstić information content (AvgIpc) is 2.24. The van der Waals surface area contributed by atoms with Crippen LogP contribution in [-0.4, -0.2) is 8.65 Å². The van der Waals surface area contributed by atoms with Crippen molar-refractivity contribution in [3.8, 4) is 0 Å². The molecule has 5 rings (SSSR count). The van der Waals surface area contributed by atoms with Crippen LogP contribution >= 0.6 is 31.9 Å². The van der Waals surface area contributed by atoms with E-state index in [4.69, 9.17) is 0 Å². The van der Waals surface area contributed by atoms with Crippen molar-refractivity contribution < 1.29 is 0 Å². The first-order valence-corrected chi connectivity index (χ1v) is 8.94. The Bertz CT molecular complexity index is 501. The highest BCUT2D eigenvalue weighted by Crippen LogP contribution is 2.68. The zero-order chi connectivity index (χ0) is 13.3. The van der Waals surface area contributed by atoms with E-state index in [1.807, 2.05) is 0 Å². The van der Waals surface area contributed by atoms with E-state index in [9.17, 15) is 0 Å². The summed E-state index contributed by atoms with van der Waals surface area (Å²) < 4.78 is 0.779. The van der Waals surface area contributed by atoms with Crippen molar-refractivity contribution in [1.82, 2.24) is 0 Å². The van der Waals surface area contributed by atoms with Crippen LogP contribution in [0.15, 0.2) is 24.3 Å². The fraction of sp³-hybridized carbons (Fsp3) is 0.647. The topological polar surface area (TPSA) is 0 Å². The molecule has 0 saturated heterocycles. The van der Waals surface area contributed by atoms with E-state index in [2.05, 4.69) is 63.0 Å². The molecule has 0 N–H and O–H groups in total. The number of alkyl halides is 2. The van der Waals surface area contributed by atoms with Gasteiger partial charge in [0.15, 0.2) is 0 Å². The van der Waals surface area contributed by atoms with Gasteiger partial charge in [0.05, 0.1) is 0 Å². The second-order valence-corrected chi connectivity index (χ2v) is 10.8. The minimum Gasteiger partial charge on any atom is -0.0852 e. The molecule has 0 radical (unpaired) electrons. The Morgan fingerprint density at radius 2 is 1.47 bits per heavy atom. The molecule has 4 bridgehead atoms. The molecule has 4 aliphatic rings. The quantitative estimate of drug-likeness (QED) is 0.561. The third-order valence-electron chi connectivity index (χ3n) is 5.60. The van der Waals surface area contributed by atoms with E-state index in [-0.39, 0.29) is 0 Å². The summed E-state index contributed by atoms with van der Waals surface area (Å²) in [5.41, 5.74) is 3.37. The molecule has 102 valence electrons. The van der Waals surface area contributed by atoms with Crippen LogP contribution in [0.3, 0.4) is 0 Å². The second kappa shape index (κ2) is 3.88. The Kier molecular flexibility index (Phi) is 2.63. The lowest BCUT2D eigenvalue weighted by molar-refractivity contribution is 0.0358. The molecular weight excluding hydrogens is 364 g/mol. The third kappa shape index (κ3) is 1.97. The van der Waals surface area contributed by atoms with Crippen LogP contribution in [0.25, 0.3) is 0 Å². The summed E-state index contributed by atoms with van der Waals surface area (Å²) in [5.74, 6) is 0.899. The lowest BCUT2D eigenvalue weighted by atomic mass is 9.48. The lowest BCUT2D eigenvalue weighted by Crippen LogP contribution is -2.60. The van der Waals surface area contributed by atoms with Crippen molar-refractivity contribution in [2.45, 2.75) is 59.5 Å². The first-order chi connectivity index (χ1) is 8.91. The molecule has 4 fully saturated rings. The molecule has 0 aliphatic heterocycles. The Balaban J connectivity index is 1.80. The van der Waals surface area contributed by atoms with E-state index in [1.165, 1.54) is 44.1 Å². The van der Waals surface area contributed by atoms with Crippen molar-refractivity contribution >= 4 is 31.9 Å². The summed E-state index contributed by atoms with van der Waals surface area (Å²) in [5, 5.41) is 0. The predicted octanol–water partition coefficient (Wildman–Crippen LogP) is 5.50. The number of benzene rings is 1. The minimum atomic E-state index is 0.390. The van der Waals surface area contributed by atoms with E-state index >= 15 is 0 Å². The lowest BCUT2D eigenvalue weighted by Gasteiger charge is -2.63. The fourth-order valence-electron chi connectivity index (χ4n) is 5.43. The van der Waals surface area contributed by atoms with Gasteiger partial charge in [-0.1, -0.05) is 61.7 Å². The van der Waals surface area contributed by atoms with E-state index in [1.54, 1.807) is 5.56 Å². The maximum absolute atomic E-state index is 4.11. The van der Waals surface area contributed by atoms with Crippen molar-refractivity contribution in [2.75, 3.05) is 0 Å². The molecule has 19 heavy (non-hydrogen) atoms. The minimum absolute atomic E-state index is 0.390. The van der Waals surface area contributed by atoms with Crippen LogP contribution in [0.2, 0.25) is 0 Å². The fourth-order valence-corrected chi connectivity index (χ4v) is 8.87. The molecule has 2 atom stereocenters. The van der Waals surface area contributed by atoms with Crippen LogP contribution in [0.1, 0.15) is 49.7 Å². The summed E-state index contributed by atoms with van der Waals surface area (Å²) in [6.45, 7) is 2.18. The first kappa shape index (κ1) is 12.9. The van der Waals surface area contributed by atoms with Gasteiger partial charge in [-0.15, -0.1) is 0 Å². The van der Waals surface area contributed by atoms with Gasteiger partial charge in [0, 0.05) is 8.65 Å². The van der Waals surface area contributed by atoms with Crippen LogP contribution < -0.4 is 0 Å². The van der Waals surface area contributed by atoms with E-state index < -0.39 is 0 Å². The SMILES string of the molecule is Cc1ccc(C23CC4CC(Br)(CC(Br)(C4)C2)C3)cc1. The smallest absolute Gasteiger partial charge is 0.0282 e. The summed E-state index contributed by atoms with van der Waals surface area (Å²) in [4.78, 5) is 0. The normalized spacial score (nSPS) is 47.6. The Morgan fingerprint density at radius 3 is 2.00 bits per heavy atom. The first-order valence-electron chi connectivity index (χ1n) is 7.36. The second-order valence-electron chi connectivity index (χ2n) is 7.46. The molecule has 2 unspecified atom stereocenters. The Morgan fingerprint density at radius 1 is 0.895 bits per heavy atom. The summed E-state index contributed by atoms with van der Waals surface area (Å²) in [6, 6.07) is 9.34. The standard InChI is InChI=1S/C17H20Br2/c1-12-2-4-14(5-3-12)15-6-13-7-16(18,9-15)11-17(19,8-13)10-15/h2-5,13H,6-11H2,1H3. The van der Waals surface area contributed by atoms with Crippen LogP contribution in [-0.2, 0) is 5.41 Å². The highest BCUT2D eigenvalue weighted by Gasteiger charge is 2.62. The summed E-state index contributed by atoms with van der Waals surface area (Å²) in [6.07, 6.45) is 8.13. The number of rotatable bonds is 1. The van der Waals surface area contributed by atoms with Crippen molar-refractivity contribution in [3.05, 3.63) is 35.4 Å². The molecule has 4 saturated carbocycles. The third-order valence-corrected chi connectivity index (χ3v) is 7.37. The van der Waals surface area contributed by atoms with Crippen molar-refractivity contribution in [2.24, 2.45) is 5.92 Å². The molecule has 0 aromatic heterocycles. The summed E-state index contributed by atoms with van der Waals surface area (Å²) >= 11 is 8.22. The van der Waals surface area contributed by atoms with Crippen molar-refractivity contribution in [1.29, 1.82) is 0 Å². The van der Waals surface area contributed by atoms with Crippen LogP contribution in [0.5, 0.6) is 0 Å². The zero-order valence-electron chi connectivity index (χ0n) is 11.4. The van der Waals surface area contributed by atoms with Crippen molar-refractivity contribution in [3.63, 3.8) is 0 Å². The Labute approximate surface area is 132 Å². The van der Waals surface area contributed by atoms with Gasteiger partial charge in [0.25, 0.3) is 0 Å². The van der Waals surface area contributed by atoms with Crippen LogP contribution in [0.4, 0.5) is 0 Å². The molecular formula is C17H20Br2. The summed E-state index contributed by atoms with van der Waals surface area (Å²) in [7, 11) is 0. The number of aryl methyl sites for hydroxylation is 1. The number of hydrogen-bond acceptors (Lipinski definition) is 0. The average molecular weight is 384 g/mol. The molecule has 0 spiro atoms. The molecule has 0 nitrogen and oxygen atoms in total. The van der Waals surface area contributed by atoms with E-state index in [0.29, 0.717) is 14.1 Å². The van der Waals surface area contributed by atoms with E-state index in [0.717, 1.165) is 5.92 Å². The maximum Gasteiger partial charge on any atom is 0.0282 e. The van der Waals surface area contributed by atoms with Gasteiger partial charge in [-0.25, -0.2) is 0 Å². The predicted molar refractivity (Wildman–Crippen MR) is 87.4 cm³/mol. The number of hydrogen-bond donors (Lipinski definition) is 0. The Hall–Kier alpha value is 0.180. The molecule has 0 amide bonds. The van der Waals surface area contributed by atoms with Gasteiger partial charge < -0.3 is 0 Å². The van der Waals surface area contributed by atoms with Gasteiger partial charge in [-0.2, -0.15) is 0 Å². The van der Waals surface area contributed by atoms with Gasteiger partial charge in [0.2, 0.25) is 0 Å². The highest BCUT2D eigenvalue weighted by atomic mass is 79.9. The van der Waals surface area contributed by atoms with Gasteiger partial charge in [-0.3, -0.25) is 0 Å². The zero-order valence-corrected chi connectivity index (χ0v) is 14.6. The maximum atomic E-state index is 4.11. The van der Waals surface area contributed by atoms with Gasteiger partial charge in [-0.05, 0) is 62.3 Å². The molecule has 4 aliphatic carbocycles. The molecule has 2 heteroatoms. The van der Waals surface area contributed by atoms with Crippen LogP contribution in [0, 0.1) is 12.8 Å². The van der Waals surface area contributed by atoms with Gasteiger partial charge in [0.1, 0.15) is 0 Å². The molecule has 1 aromatic rings. The molecule has 0 heterocycles. The monoisotopic (exact) mass is 382 g/mol. The molecule has 1 aromatic carbocycles. The highest BCUT2D eigenvalue weighted by molar-refractivity contribution is 9.10. The number of halogens is 2. The van der Waals surface area contributed by atoms with Gasteiger partial charge >= 0.3 is 0 Å².